The molecule has 0 spiro atoms. The Morgan fingerprint density at radius 3 is 2.57 bits per heavy atom. The zero-order valence-corrected chi connectivity index (χ0v) is 14.1. The maximum atomic E-state index is 12.3. The first-order chi connectivity index (χ1) is 10.6. The fourth-order valence-electron chi connectivity index (χ4n) is 2.04. The van der Waals surface area contributed by atoms with Crippen molar-refractivity contribution >= 4 is 21.9 Å². The Morgan fingerprint density at radius 2 is 2.09 bits per heavy atom. The highest BCUT2D eigenvalue weighted by molar-refractivity contribution is 7.89. The Bertz CT molecular complexity index is 662. The average molecular weight is 343 g/mol. The van der Waals surface area contributed by atoms with Gasteiger partial charge in [0, 0.05) is 19.4 Å². The molecule has 23 heavy (non-hydrogen) atoms. The number of rotatable bonds is 8. The Morgan fingerprint density at radius 1 is 1.43 bits per heavy atom. The Labute approximate surface area is 135 Å². The number of aromatic nitrogens is 1. The summed E-state index contributed by atoms with van der Waals surface area (Å²) in [7, 11) is -2.61. The maximum absolute atomic E-state index is 12.3. The van der Waals surface area contributed by atoms with Gasteiger partial charge in [0.2, 0.25) is 15.9 Å². The lowest BCUT2D eigenvalue weighted by molar-refractivity contribution is -0.147. The molecule has 1 amide bonds. The fraction of sp³-hybridized carbons (Fsp3) is 0.500. The van der Waals surface area contributed by atoms with E-state index in [0.717, 1.165) is 4.31 Å². The number of sulfonamides is 1. The summed E-state index contributed by atoms with van der Waals surface area (Å²) in [4.78, 5) is 27.0. The number of hydrogen-bond donors (Lipinski definition) is 2. The van der Waals surface area contributed by atoms with Crippen LogP contribution in [0.3, 0.4) is 0 Å². The lowest BCUT2D eigenvalue weighted by Gasteiger charge is -2.27. The molecule has 0 aliphatic rings. The van der Waals surface area contributed by atoms with Crippen LogP contribution < -0.4 is 5.32 Å². The smallest absolute Gasteiger partial charge is 0.329 e. The molecule has 0 saturated heterocycles. The molecular formula is C14H21N3O5S. The van der Waals surface area contributed by atoms with Crippen LogP contribution in [-0.4, -0.2) is 53.8 Å². The summed E-state index contributed by atoms with van der Waals surface area (Å²) < 4.78 is 25.4. The van der Waals surface area contributed by atoms with Crippen LogP contribution in [0.1, 0.15) is 26.7 Å². The molecule has 1 aromatic heterocycles. The van der Waals surface area contributed by atoms with Crippen molar-refractivity contribution in [3.05, 3.63) is 24.5 Å². The van der Waals surface area contributed by atoms with Crippen molar-refractivity contribution in [1.82, 2.24) is 14.6 Å². The van der Waals surface area contributed by atoms with Gasteiger partial charge < -0.3 is 10.4 Å². The van der Waals surface area contributed by atoms with E-state index in [2.05, 4.69) is 10.3 Å². The van der Waals surface area contributed by atoms with Gasteiger partial charge >= 0.3 is 5.97 Å². The Hall–Kier alpha value is -2.00. The second-order valence-corrected chi connectivity index (χ2v) is 7.43. The van der Waals surface area contributed by atoms with Gasteiger partial charge in [-0.3, -0.25) is 9.78 Å². The number of aliphatic carboxylic acids is 1. The molecule has 1 rings (SSSR count). The predicted octanol–water partition coefficient (Wildman–Crippen LogP) is 0.462. The number of pyridine rings is 1. The Balaban J connectivity index is 2.83. The second kappa shape index (κ2) is 7.51. The zero-order chi connectivity index (χ0) is 17.7. The van der Waals surface area contributed by atoms with E-state index in [0.29, 0.717) is 6.42 Å². The standard InChI is InChI=1S/C14H21N3O5S/c1-4-7-14(2,13(19)20)16-12(18)10-17(3)23(21,22)11-6-5-8-15-9-11/h5-6,8-9H,4,7,10H2,1-3H3,(H,16,18)(H,19,20). The van der Waals surface area contributed by atoms with Gasteiger partial charge in [-0.25, -0.2) is 13.2 Å². The van der Waals surface area contributed by atoms with Gasteiger partial charge in [-0.1, -0.05) is 13.3 Å². The van der Waals surface area contributed by atoms with Gasteiger partial charge in [0.25, 0.3) is 0 Å². The number of carbonyl (C=O) groups is 2. The molecule has 9 heteroatoms. The molecule has 0 aliphatic heterocycles. The van der Waals surface area contributed by atoms with Crippen molar-refractivity contribution in [2.24, 2.45) is 0 Å². The minimum Gasteiger partial charge on any atom is -0.480 e. The minimum absolute atomic E-state index is 0.0372. The van der Waals surface area contributed by atoms with Crippen molar-refractivity contribution in [3.63, 3.8) is 0 Å². The SMILES string of the molecule is CCCC(C)(NC(=O)CN(C)S(=O)(=O)c1cccnc1)C(=O)O. The molecular weight excluding hydrogens is 322 g/mol. The van der Waals surface area contributed by atoms with Crippen LogP contribution in [0.15, 0.2) is 29.4 Å². The van der Waals surface area contributed by atoms with E-state index in [1.54, 1.807) is 6.92 Å². The van der Waals surface area contributed by atoms with E-state index < -0.39 is 34.0 Å². The van der Waals surface area contributed by atoms with Gasteiger partial charge in [0.05, 0.1) is 6.54 Å². The molecule has 2 N–H and O–H groups in total. The fourth-order valence-corrected chi connectivity index (χ4v) is 3.13. The van der Waals surface area contributed by atoms with Crippen molar-refractivity contribution < 1.29 is 23.1 Å². The molecule has 1 aromatic rings. The molecule has 0 aromatic carbocycles. The number of carboxylic acid groups (broad SMARTS) is 1. The van der Waals surface area contributed by atoms with Crippen LogP contribution in [0, 0.1) is 0 Å². The summed E-state index contributed by atoms with van der Waals surface area (Å²) >= 11 is 0. The average Bonchev–Trinajstić information content (AvgIpc) is 2.47. The number of carbonyl (C=O) groups excluding carboxylic acids is 1. The van der Waals surface area contributed by atoms with Gasteiger partial charge in [-0.05, 0) is 25.5 Å². The number of carboxylic acids is 1. The number of hydrogen-bond acceptors (Lipinski definition) is 5. The molecule has 0 fully saturated rings. The van der Waals surface area contributed by atoms with Gasteiger partial charge in [-0.2, -0.15) is 4.31 Å². The van der Waals surface area contributed by atoms with E-state index in [1.165, 1.54) is 38.5 Å². The largest absolute Gasteiger partial charge is 0.480 e. The van der Waals surface area contributed by atoms with Crippen LogP contribution >= 0.6 is 0 Å². The molecule has 1 atom stereocenters. The summed E-state index contributed by atoms with van der Waals surface area (Å²) in [6.45, 7) is 2.71. The second-order valence-electron chi connectivity index (χ2n) is 5.39. The van der Waals surface area contributed by atoms with E-state index in [4.69, 9.17) is 0 Å². The van der Waals surface area contributed by atoms with Crippen molar-refractivity contribution in [3.8, 4) is 0 Å². The molecule has 0 saturated carbocycles. The summed E-state index contributed by atoms with van der Waals surface area (Å²) in [5, 5.41) is 11.6. The van der Waals surface area contributed by atoms with E-state index in [-0.39, 0.29) is 11.3 Å². The van der Waals surface area contributed by atoms with Crippen molar-refractivity contribution in [2.75, 3.05) is 13.6 Å². The quantitative estimate of drug-likeness (QED) is 0.708. The molecule has 1 heterocycles. The summed E-state index contributed by atoms with van der Waals surface area (Å²) in [6, 6.07) is 2.85. The molecule has 128 valence electrons. The van der Waals surface area contributed by atoms with Gasteiger partial charge in [0.1, 0.15) is 10.4 Å². The predicted molar refractivity (Wildman–Crippen MR) is 83.1 cm³/mol. The topological polar surface area (TPSA) is 117 Å². The van der Waals surface area contributed by atoms with E-state index in [9.17, 15) is 23.1 Å². The third kappa shape index (κ3) is 4.73. The monoisotopic (exact) mass is 343 g/mol. The Kier molecular flexibility index (Phi) is 6.22. The summed E-state index contributed by atoms with van der Waals surface area (Å²) in [5.41, 5.74) is -1.43. The van der Waals surface area contributed by atoms with Crippen LogP contribution in [0.25, 0.3) is 0 Å². The van der Waals surface area contributed by atoms with E-state index >= 15 is 0 Å². The van der Waals surface area contributed by atoms with Crippen molar-refractivity contribution in [2.45, 2.75) is 37.1 Å². The third-order valence-corrected chi connectivity index (χ3v) is 5.13. The van der Waals surface area contributed by atoms with Crippen LogP contribution in [0.4, 0.5) is 0 Å². The van der Waals surface area contributed by atoms with Gasteiger partial charge in [-0.15, -0.1) is 0 Å². The lowest BCUT2D eigenvalue weighted by Crippen LogP contribution is -2.54. The maximum Gasteiger partial charge on any atom is 0.329 e. The van der Waals surface area contributed by atoms with Crippen LogP contribution in [0.5, 0.6) is 0 Å². The zero-order valence-electron chi connectivity index (χ0n) is 13.3. The highest BCUT2D eigenvalue weighted by Crippen LogP contribution is 2.14. The highest BCUT2D eigenvalue weighted by Gasteiger charge is 2.34. The first-order valence-electron chi connectivity index (χ1n) is 7.04. The van der Waals surface area contributed by atoms with Crippen molar-refractivity contribution in [1.29, 1.82) is 0 Å². The number of likely N-dealkylation sites (N-methyl/N-ethyl adjacent to an activating group) is 1. The van der Waals surface area contributed by atoms with Gasteiger partial charge in [0.15, 0.2) is 0 Å². The molecule has 0 bridgehead atoms. The summed E-state index contributed by atoms with van der Waals surface area (Å²) in [6.07, 6.45) is 3.43. The molecule has 1 unspecified atom stereocenters. The normalized spacial score (nSPS) is 14.3. The molecule has 8 nitrogen and oxygen atoms in total. The first-order valence-corrected chi connectivity index (χ1v) is 8.48. The van der Waals surface area contributed by atoms with Crippen LogP contribution in [-0.2, 0) is 19.6 Å². The minimum atomic E-state index is -3.86. The third-order valence-electron chi connectivity index (χ3n) is 3.35. The number of amides is 1. The first kappa shape index (κ1) is 19.0. The lowest BCUT2D eigenvalue weighted by atomic mass is 9.96. The van der Waals surface area contributed by atoms with E-state index in [1.807, 2.05) is 0 Å². The highest BCUT2D eigenvalue weighted by atomic mass is 32.2. The molecule has 0 aliphatic carbocycles. The number of nitrogens with one attached hydrogen (secondary N) is 1. The number of nitrogens with zero attached hydrogens (tertiary/aromatic N) is 2. The van der Waals surface area contributed by atoms with Crippen LogP contribution in [0.2, 0.25) is 0 Å². The summed E-state index contributed by atoms with van der Waals surface area (Å²) in [5.74, 6) is -1.84. The molecule has 0 radical (unpaired) electrons.